The van der Waals surface area contributed by atoms with Crippen LogP contribution in [0.3, 0.4) is 0 Å². The molecule has 0 aromatic heterocycles. The fraction of sp³-hybridized carbons (Fsp3) is 1.00. The van der Waals surface area contributed by atoms with Gasteiger partial charge in [-0.3, -0.25) is 0 Å². The van der Waals surface area contributed by atoms with Crippen molar-refractivity contribution in [2.24, 2.45) is 0 Å². The monoisotopic (exact) mass is 249 g/mol. The molecule has 0 radical (unpaired) electrons. The Morgan fingerprint density at radius 2 is 1.80 bits per heavy atom. The molecule has 1 fully saturated rings. The van der Waals surface area contributed by atoms with E-state index in [1.807, 2.05) is 11.8 Å². The van der Waals surface area contributed by atoms with Gasteiger partial charge in [-0.25, -0.2) is 0 Å². The van der Waals surface area contributed by atoms with Gasteiger partial charge in [0.15, 0.2) is 0 Å². The summed E-state index contributed by atoms with van der Waals surface area (Å²) in [6.45, 7) is 5.08. The molecule has 1 heterocycles. The fourth-order valence-corrected chi connectivity index (χ4v) is 4.78. The number of rotatable bonds is 4. The van der Waals surface area contributed by atoms with Gasteiger partial charge in [-0.15, -0.1) is 0 Å². The summed E-state index contributed by atoms with van der Waals surface area (Å²) in [5, 5.41) is 0. The molecule has 0 spiro atoms. The number of hydrogen-bond donors (Lipinski definition) is 0. The molecular formula is C10H23NO2SSi. The SMILES string of the molecule is CN(C)CCC[Si]1(C)OCCSCCO1. The van der Waals surface area contributed by atoms with Gasteiger partial charge in [0.05, 0.1) is 0 Å². The van der Waals surface area contributed by atoms with Crippen LogP contribution in [0.5, 0.6) is 0 Å². The molecule has 1 aliphatic heterocycles. The van der Waals surface area contributed by atoms with Gasteiger partial charge >= 0.3 is 8.56 Å². The zero-order valence-electron chi connectivity index (χ0n) is 10.1. The predicted octanol–water partition coefficient (Wildman–Crippen LogP) is 1.79. The van der Waals surface area contributed by atoms with Crippen molar-refractivity contribution in [3.63, 3.8) is 0 Å². The Labute approximate surface area is 98.8 Å². The summed E-state index contributed by atoms with van der Waals surface area (Å²) in [7, 11) is 2.40. The molecule has 5 heteroatoms. The van der Waals surface area contributed by atoms with E-state index >= 15 is 0 Å². The maximum atomic E-state index is 5.93. The van der Waals surface area contributed by atoms with Crippen molar-refractivity contribution < 1.29 is 8.85 Å². The first-order valence-corrected chi connectivity index (χ1v) is 9.31. The summed E-state index contributed by atoms with van der Waals surface area (Å²) < 4.78 is 11.9. The largest absolute Gasteiger partial charge is 0.393 e. The van der Waals surface area contributed by atoms with E-state index in [1.54, 1.807) is 0 Å². The average Bonchev–Trinajstić information content (AvgIpc) is 2.12. The van der Waals surface area contributed by atoms with Crippen LogP contribution in [0, 0.1) is 0 Å². The Bertz CT molecular complexity index is 173. The van der Waals surface area contributed by atoms with E-state index in [0.29, 0.717) is 0 Å². The number of nitrogens with zero attached hydrogens (tertiary/aromatic N) is 1. The summed E-state index contributed by atoms with van der Waals surface area (Å²) in [4.78, 5) is 2.22. The van der Waals surface area contributed by atoms with E-state index in [4.69, 9.17) is 8.85 Å². The zero-order chi connectivity index (χ0) is 11.1. The van der Waals surface area contributed by atoms with Gasteiger partial charge in [0, 0.05) is 24.7 Å². The van der Waals surface area contributed by atoms with Crippen LogP contribution in [0.2, 0.25) is 12.6 Å². The van der Waals surface area contributed by atoms with Crippen LogP contribution >= 0.6 is 11.8 Å². The van der Waals surface area contributed by atoms with Gasteiger partial charge in [0.25, 0.3) is 0 Å². The second kappa shape index (κ2) is 6.91. The lowest BCUT2D eigenvalue weighted by Gasteiger charge is -2.29. The number of hydrogen-bond acceptors (Lipinski definition) is 4. The van der Waals surface area contributed by atoms with E-state index < -0.39 is 8.56 Å². The molecule has 0 saturated carbocycles. The minimum Gasteiger partial charge on any atom is -0.393 e. The average molecular weight is 249 g/mol. The Morgan fingerprint density at radius 1 is 1.20 bits per heavy atom. The van der Waals surface area contributed by atoms with Crippen molar-refractivity contribution >= 4 is 20.3 Å². The summed E-state index contributed by atoms with van der Waals surface area (Å²) >= 11 is 1.92. The van der Waals surface area contributed by atoms with Gasteiger partial charge in [-0.2, -0.15) is 11.8 Å². The first kappa shape index (κ1) is 13.5. The molecule has 0 amide bonds. The molecule has 0 aromatic rings. The lowest BCUT2D eigenvalue weighted by atomic mass is 10.5. The van der Waals surface area contributed by atoms with Crippen molar-refractivity contribution in [3.8, 4) is 0 Å². The molecule has 1 aliphatic rings. The molecule has 3 nitrogen and oxygen atoms in total. The normalized spacial score (nSPS) is 22.4. The Hall–Kier alpha value is 0.447. The highest BCUT2D eigenvalue weighted by Crippen LogP contribution is 2.19. The van der Waals surface area contributed by atoms with E-state index in [2.05, 4.69) is 25.5 Å². The van der Waals surface area contributed by atoms with Gasteiger partial charge < -0.3 is 13.8 Å². The third-order valence-electron chi connectivity index (χ3n) is 2.51. The van der Waals surface area contributed by atoms with Gasteiger partial charge in [0.2, 0.25) is 0 Å². The fourth-order valence-electron chi connectivity index (χ4n) is 1.64. The van der Waals surface area contributed by atoms with Crippen LogP contribution in [-0.4, -0.2) is 58.8 Å². The van der Waals surface area contributed by atoms with Crippen molar-refractivity contribution in [3.05, 3.63) is 0 Å². The smallest absolute Gasteiger partial charge is 0.335 e. The maximum absolute atomic E-state index is 5.93. The summed E-state index contributed by atoms with van der Waals surface area (Å²) in [6.07, 6.45) is 1.18. The lowest BCUT2D eigenvalue weighted by molar-refractivity contribution is 0.186. The third kappa shape index (κ3) is 5.92. The van der Waals surface area contributed by atoms with Crippen LogP contribution in [-0.2, 0) is 8.85 Å². The van der Waals surface area contributed by atoms with Crippen LogP contribution in [0.25, 0.3) is 0 Å². The van der Waals surface area contributed by atoms with Gasteiger partial charge in [-0.05, 0) is 39.7 Å². The molecule has 90 valence electrons. The van der Waals surface area contributed by atoms with Gasteiger partial charge in [-0.1, -0.05) is 0 Å². The molecular weight excluding hydrogens is 226 g/mol. The van der Waals surface area contributed by atoms with Crippen LogP contribution in [0.4, 0.5) is 0 Å². The first-order chi connectivity index (χ1) is 7.12. The third-order valence-corrected chi connectivity index (χ3v) is 6.31. The lowest BCUT2D eigenvalue weighted by Crippen LogP contribution is -2.41. The van der Waals surface area contributed by atoms with E-state index in [0.717, 1.165) is 37.3 Å². The maximum Gasteiger partial charge on any atom is 0.335 e. The highest BCUT2D eigenvalue weighted by atomic mass is 32.2. The number of thioether (sulfide) groups is 1. The van der Waals surface area contributed by atoms with Crippen LogP contribution in [0.15, 0.2) is 0 Å². The van der Waals surface area contributed by atoms with Crippen molar-refractivity contribution in [1.29, 1.82) is 0 Å². The molecule has 0 N–H and O–H groups in total. The predicted molar refractivity (Wildman–Crippen MR) is 68.8 cm³/mol. The van der Waals surface area contributed by atoms with Crippen LogP contribution in [0.1, 0.15) is 6.42 Å². The second-order valence-electron chi connectivity index (χ2n) is 4.35. The first-order valence-electron chi connectivity index (χ1n) is 5.63. The topological polar surface area (TPSA) is 21.7 Å². The Morgan fingerprint density at radius 3 is 2.33 bits per heavy atom. The molecule has 0 atom stereocenters. The minimum atomic E-state index is -1.83. The Kier molecular flexibility index (Phi) is 6.22. The van der Waals surface area contributed by atoms with Crippen LogP contribution < -0.4 is 0 Å². The zero-order valence-corrected chi connectivity index (χ0v) is 11.9. The molecule has 15 heavy (non-hydrogen) atoms. The quantitative estimate of drug-likeness (QED) is 0.708. The minimum absolute atomic E-state index is 0.870. The van der Waals surface area contributed by atoms with Gasteiger partial charge in [0.1, 0.15) is 0 Å². The molecule has 0 aromatic carbocycles. The summed E-state index contributed by atoms with van der Waals surface area (Å²) in [5.74, 6) is 2.25. The van der Waals surface area contributed by atoms with Crippen molar-refractivity contribution in [1.82, 2.24) is 4.90 Å². The molecule has 1 saturated heterocycles. The Balaban J connectivity index is 2.27. The van der Waals surface area contributed by atoms with E-state index in [1.165, 1.54) is 6.42 Å². The van der Waals surface area contributed by atoms with E-state index in [9.17, 15) is 0 Å². The van der Waals surface area contributed by atoms with E-state index in [-0.39, 0.29) is 0 Å². The molecule has 0 bridgehead atoms. The van der Waals surface area contributed by atoms with Crippen molar-refractivity contribution in [2.45, 2.75) is 19.0 Å². The second-order valence-corrected chi connectivity index (χ2v) is 8.92. The summed E-state index contributed by atoms with van der Waals surface area (Å²) in [5.41, 5.74) is 0. The molecule has 1 rings (SSSR count). The molecule has 0 unspecified atom stereocenters. The molecule has 0 aliphatic carbocycles. The highest BCUT2D eigenvalue weighted by molar-refractivity contribution is 7.99. The van der Waals surface area contributed by atoms with Crippen molar-refractivity contribution in [2.75, 3.05) is 45.4 Å². The summed E-state index contributed by atoms with van der Waals surface area (Å²) in [6, 6.07) is 1.12. The standard InChI is InChI=1S/C10H23NO2SSi/c1-11(2)5-4-10-15(3)12-6-8-14-9-7-13-15/h4-10H2,1-3H3. The highest BCUT2D eigenvalue weighted by Gasteiger charge is 2.31.